The molecule has 1 rings (SSSR count). The minimum absolute atomic E-state index is 0.174. The van der Waals surface area contributed by atoms with Crippen LogP contribution in [0.3, 0.4) is 0 Å². The van der Waals surface area contributed by atoms with Crippen LogP contribution in [0.25, 0.3) is 0 Å². The van der Waals surface area contributed by atoms with Crippen molar-refractivity contribution in [2.75, 3.05) is 0 Å². The Hall–Kier alpha value is -1.08. The number of hydrogen-bond acceptors (Lipinski definition) is 1. The van der Waals surface area contributed by atoms with E-state index >= 15 is 0 Å². The number of rotatable bonds is 4. The lowest BCUT2D eigenvalue weighted by Crippen LogP contribution is -2.15. The van der Waals surface area contributed by atoms with E-state index in [4.69, 9.17) is 0 Å². The Kier molecular flexibility index (Phi) is 3.90. The average molecular weight is 190 g/mol. The predicted molar refractivity (Wildman–Crippen MR) is 60.3 cm³/mol. The molecule has 1 nitrogen and oxygen atoms in total. The quantitative estimate of drug-likeness (QED) is 0.723. The van der Waals surface area contributed by atoms with Gasteiger partial charge < -0.3 is 5.11 Å². The van der Waals surface area contributed by atoms with Crippen LogP contribution in [-0.4, -0.2) is 11.2 Å². The second-order valence-corrected chi connectivity index (χ2v) is 3.93. The summed E-state index contributed by atoms with van der Waals surface area (Å²) in [6.07, 6.45) is 0.352. The smallest absolute Gasteiger partial charge is 0.0642 e. The molecule has 0 saturated carbocycles. The first-order chi connectivity index (χ1) is 6.61. The van der Waals surface area contributed by atoms with Crippen molar-refractivity contribution >= 4 is 0 Å². The van der Waals surface area contributed by atoms with E-state index in [9.17, 15) is 5.11 Å². The fraction of sp³-hybridized carbons (Fsp3) is 0.385. The molecule has 0 aromatic heterocycles. The molecule has 0 amide bonds. The summed E-state index contributed by atoms with van der Waals surface area (Å²) in [5.74, 6) is 0.174. The van der Waals surface area contributed by atoms with Crippen LogP contribution in [0.2, 0.25) is 0 Å². The second-order valence-electron chi connectivity index (χ2n) is 3.93. The van der Waals surface area contributed by atoms with Gasteiger partial charge in [0.15, 0.2) is 0 Å². The van der Waals surface area contributed by atoms with Crippen LogP contribution in [0.5, 0.6) is 0 Å². The molecule has 1 aromatic rings. The number of aliphatic hydroxyl groups is 1. The van der Waals surface area contributed by atoms with Crippen molar-refractivity contribution in [1.82, 2.24) is 0 Å². The Labute approximate surface area is 86.1 Å². The standard InChI is InChI=1S/C13H18O/c1-10(2)9-13(14)11(3)12-7-5-4-6-8-12/h4-8,11,13-14H,1,9H2,2-3H3. The van der Waals surface area contributed by atoms with Crippen molar-refractivity contribution < 1.29 is 5.11 Å². The first-order valence-corrected chi connectivity index (χ1v) is 4.98. The Morgan fingerprint density at radius 1 is 1.36 bits per heavy atom. The average Bonchev–Trinajstić information content (AvgIpc) is 2.17. The van der Waals surface area contributed by atoms with E-state index in [1.165, 1.54) is 5.56 Å². The van der Waals surface area contributed by atoms with Gasteiger partial charge in [-0.15, -0.1) is 6.58 Å². The molecule has 0 aliphatic carbocycles. The Morgan fingerprint density at radius 2 is 1.93 bits per heavy atom. The topological polar surface area (TPSA) is 20.2 Å². The molecule has 1 aromatic carbocycles. The molecule has 1 heteroatoms. The van der Waals surface area contributed by atoms with Gasteiger partial charge in [0.1, 0.15) is 0 Å². The maximum absolute atomic E-state index is 9.88. The summed E-state index contributed by atoms with van der Waals surface area (Å²) in [6, 6.07) is 10.1. The van der Waals surface area contributed by atoms with Gasteiger partial charge in [-0.1, -0.05) is 42.8 Å². The van der Waals surface area contributed by atoms with Crippen LogP contribution in [0.1, 0.15) is 31.7 Å². The Bertz CT molecular complexity index is 289. The van der Waals surface area contributed by atoms with Gasteiger partial charge in [-0.05, 0) is 18.9 Å². The first-order valence-electron chi connectivity index (χ1n) is 4.98. The van der Waals surface area contributed by atoms with E-state index in [2.05, 4.69) is 6.58 Å². The zero-order valence-corrected chi connectivity index (χ0v) is 8.90. The highest BCUT2D eigenvalue weighted by Gasteiger charge is 2.15. The van der Waals surface area contributed by atoms with Gasteiger partial charge >= 0.3 is 0 Å². The number of aliphatic hydroxyl groups excluding tert-OH is 1. The van der Waals surface area contributed by atoms with Crippen molar-refractivity contribution in [1.29, 1.82) is 0 Å². The lowest BCUT2D eigenvalue weighted by Gasteiger charge is -2.19. The minimum atomic E-state index is -0.324. The molecule has 0 spiro atoms. The Balaban J connectivity index is 2.65. The number of benzene rings is 1. The molecule has 1 N–H and O–H groups in total. The summed E-state index contributed by atoms with van der Waals surface area (Å²) in [6.45, 7) is 7.80. The summed E-state index contributed by atoms with van der Waals surface area (Å²) in [5.41, 5.74) is 2.21. The summed E-state index contributed by atoms with van der Waals surface area (Å²) in [5, 5.41) is 9.88. The first kappa shape index (κ1) is 11.0. The maximum atomic E-state index is 9.88. The molecule has 76 valence electrons. The summed E-state index contributed by atoms with van der Waals surface area (Å²) in [7, 11) is 0. The van der Waals surface area contributed by atoms with Crippen LogP contribution in [0.4, 0.5) is 0 Å². The van der Waals surface area contributed by atoms with Crippen molar-refractivity contribution in [3.05, 3.63) is 48.0 Å². The van der Waals surface area contributed by atoms with Crippen molar-refractivity contribution in [2.45, 2.75) is 32.3 Å². The summed E-state index contributed by atoms with van der Waals surface area (Å²) >= 11 is 0. The van der Waals surface area contributed by atoms with E-state index < -0.39 is 0 Å². The van der Waals surface area contributed by atoms with Gasteiger partial charge in [-0.3, -0.25) is 0 Å². The lowest BCUT2D eigenvalue weighted by atomic mass is 9.92. The van der Waals surface area contributed by atoms with Crippen LogP contribution in [0.15, 0.2) is 42.5 Å². The van der Waals surface area contributed by atoms with E-state index in [0.29, 0.717) is 6.42 Å². The van der Waals surface area contributed by atoms with Gasteiger partial charge in [0.2, 0.25) is 0 Å². The molecule has 0 bridgehead atoms. The summed E-state index contributed by atoms with van der Waals surface area (Å²) in [4.78, 5) is 0. The van der Waals surface area contributed by atoms with Crippen LogP contribution >= 0.6 is 0 Å². The summed E-state index contributed by atoms with van der Waals surface area (Å²) < 4.78 is 0. The third-order valence-electron chi connectivity index (χ3n) is 2.46. The molecule has 14 heavy (non-hydrogen) atoms. The van der Waals surface area contributed by atoms with Crippen LogP contribution in [-0.2, 0) is 0 Å². The van der Waals surface area contributed by atoms with Crippen molar-refractivity contribution in [3.8, 4) is 0 Å². The monoisotopic (exact) mass is 190 g/mol. The third-order valence-corrected chi connectivity index (χ3v) is 2.46. The molecular formula is C13H18O. The van der Waals surface area contributed by atoms with Crippen molar-refractivity contribution in [3.63, 3.8) is 0 Å². The highest BCUT2D eigenvalue weighted by molar-refractivity contribution is 5.20. The maximum Gasteiger partial charge on any atom is 0.0642 e. The number of hydrogen-bond donors (Lipinski definition) is 1. The van der Waals surface area contributed by atoms with E-state index in [1.807, 2.05) is 44.2 Å². The van der Waals surface area contributed by atoms with E-state index in [-0.39, 0.29) is 12.0 Å². The van der Waals surface area contributed by atoms with Gasteiger partial charge in [-0.2, -0.15) is 0 Å². The van der Waals surface area contributed by atoms with Gasteiger partial charge in [0, 0.05) is 5.92 Å². The molecule has 2 atom stereocenters. The van der Waals surface area contributed by atoms with E-state index in [1.54, 1.807) is 0 Å². The fourth-order valence-corrected chi connectivity index (χ4v) is 1.51. The second kappa shape index (κ2) is 4.97. The molecule has 0 saturated heterocycles. The highest BCUT2D eigenvalue weighted by Crippen LogP contribution is 2.22. The normalized spacial score (nSPS) is 14.8. The molecule has 2 unspecified atom stereocenters. The van der Waals surface area contributed by atoms with Crippen molar-refractivity contribution in [2.24, 2.45) is 0 Å². The third kappa shape index (κ3) is 3.00. The van der Waals surface area contributed by atoms with Gasteiger partial charge in [0.25, 0.3) is 0 Å². The zero-order chi connectivity index (χ0) is 10.6. The Morgan fingerprint density at radius 3 is 2.43 bits per heavy atom. The molecule has 0 heterocycles. The van der Waals surface area contributed by atoms with Gasteiger partial charge in [0.05, 0.1) is 6.10 Å². The highest BCUT2D eigenvalue weighted by atomic mass is 16.3. The predicted octanol–water partition coefficient (Wildman–Crippen LogP) is 3.12. The molecule has 0 radical (unpaired) electrons. The molecule has 0 fully saturated rings. The lowest BCUT2D eigenvalue weighted by molar-refractivity contribution is 0.149. The van der Waals surface area contributed by atoms with Crippen LogP contribution in [0, 0.1) is 0 Å². The largest absolute Gasteiger partial charge is 0.392 e. The van der Waals surface area contributed by atoms with E-state index in [0.717, 1.165) is 5.57 Å². The van der Waals surface area contributed by atoms with Crippen LogP contribution < -0.4 is 0 Å². The molecule has 0 aliphatic rings. The SMILES string of the molecule is C=C(C)CC(O)C(C)c1ccccc1. The fourth-order valence-electron chi connectivity index (χ4n) is 1.51. The zero-order valence-electron chi connectivity index (χ0n) is 8.90. The van der Waals surface area contributed by atoms with Gasteiger partial charge in [-0.25, -0.2) is 0 Å². The molecule has 0 aliphatic heterocycles. The minimum Gasteiger partial charge on any atom is -0.392 e. The molecular weight excluding hydrogens is 172 g/mol.